The van der Waals surface area contributed by atoms with Crippen molar-refractivity contribution in [2.24, 2.45) is 5.41 Å². The van der Waals surface area contributed by atoms with Gasteiger partial charge in [-0.05, 0) is 12.5 Å². The summed E-state index contributed by atoms with van der Waals surface area (Å²) in [4.78, 5) is 0. The van der Waals surface area contributed by atoms with Crippen LogP contribution in [0, 0.1) is 30.3 Å². The van der Waals surface area contributed by atoms with E-state index in [1.54, 1.807) is 0 Å². The van der Waals surface area contributed by atoms with Crippen molar-refractivity contribution < 1.29 is 8.96 Å². The van der Waals surface area contributed by atoms with Crippen molar-refractivity contribution in [3.8, 4) is 0 Å². The Bertz CT molecular complexity index is 626. The fourth-order valence-electron chi connectivity index (χ4n) is 2.84. The van der Waals surface area contributed by atoms with Crippen molar-refractivity contribution >= 4 is 11.6 Å². The Morgan fingerprint density at radius 1 is 1.41 bits per heavy atom. The molecule has 0 fully saturated rings. The molecule has 0 aliphatic heterocycles. The van der Waals surface area contributed by atoms with E-state index in [4.69, 9.17) is 11.6 Å². The molecular formula is C18H23ClFN2+. The lowest BCUT2D eigenvalue weighted by atomic mass is 9.88. The Labute approximate surface area is 137 Å². The maximum Gasteiger partial charge on any atom is 0.253 e. The van der Waals surface area contributed by atoms with Gasteiger partial charge < -0.3 is 0 Å². The summed E-state index contributed by atoms with van der Waals surface area (Å²) in [7, 11) is 0. The van der Waals surface area contributed by atoms with Crippen LogP contribution in [-0.2, 0) is 13.1 Å². The van der Waals surface area contributed by atoms with Crippen LogP contribution in [-0.4, -0.2) is 4.57 Å². The van der Waals surface area contributed by atoms with E-state index in [1.165, 1.54) is 18.9 Å². The first kappa shape index (κ1) is 16.8. The smallest absolute Gasteiger partial charge is 0.234 e. The molecule has 4 heteroatoms. The minimum absolute atomic E-state index is 0.245. The third-order valence-electron chi connectivity index (χ3n) is 4.05. The van der Waals surface area contributed by atoms with Gasteiger partial charge in [-0.25, -0.2) is 13.5 Å². The first-order chi connectivity index (χ1) is 10.3. The second kappa shape index (κ2) is 6.71. The summed E-state index contributed by atoms with van der Waals surface area (Å²) in [6, 6.07) is 6.57. The molecule has 0 saturated heterocycles. The van der Waals surface area contributed by atoms with E-state index in [1.807, 2.05) is 17.7 Å². The highest BCUT2D eigenvalue weighted by atomic mass is 35.5. The fourth-order valence-corrected chi connectivity index (χ4v) is 3.04. The van der Waals surface area contributed by atoms with Crippen LogP contribution in [0.2, 0.25) is 5.02 Å². The SMILES string of the molecule is CCCC(C)(C)Cn1cc[n+](Cc2c(Cl)c#ccc2F)c1C. The number of hydrogen-bond donors (Lipinski definition) is 0. The molecule has 118 valence electrons. The average molecular weight is 322 g/mol. The minimum atomic E-state index is -0.338. The van der Waals surface area contributed by atoms with E-state index in [2.05, 4.69) is 43.7 Å². The molecule has 2 nitrogen and oxygen atoms in total. The number of hydrogen-bond acceptors (Lipinski definition) is 0. The molecule has 0 amide bonds. The summed E-state index contributed by atoms with van der Waals surface area (Å²) in [5.74, 6) is 0.752. The second-order valence-electron chi connectivity index (χ2n) is 6.57. The zero-order valence-corrected chi connectivity index (χ0v) is 14.5. The van der Waals surface area contributed by atoms with E-state index in [9.17, 15) is 4.39 Å². The zero-order valence-electron chi connectivity index (χ0n) is 13.7. The quantitative estimate of drug-likeness (QED) is 0.699. The van der Waals surface area contributed by atoms with Gasteiger partial charge in [0.1, 0.15) is 29.8 Å². The normalized spacial score (nSPS) is 11.5. The molecule has 0 radical (unpaired) electrons. The third kappa shape index (κ3) is 3.81. The molecule has 2 aromatic rings. The van der Waals surface area contributed by atoms with Gasteiger partial charge in [0.05, 0.1) is 12.1 Å². The first-order valence-corrected chi connectivity index (χ1v) is 8.03. The monoisotopic (exact) mass is 321 g/mol. The number of rotatable bonds is 6. The molecule has 2 rings (SSSR count). The minimum Gasteiger partial charge on any atom is -0.234 e. The van der Waals surface area contributed by atoms with Crippen LogP contribution >= 0.6 is 11.6 Å². The van der Waals surface area contributed by atoms with E-state index >= 15 is 0 Å². The Morgan fingerprint density at radius 2 is 2.14 bits per heavy atom. The maximum absolute atomic E-state index is 13.9. The van der Waals surface area contributed by atoms with E-state index in [0.717, 1.165) is 12.4 Å². The summed E-state index contributed by atoms with van der Waals surface area (Å²) >= 11 is 6.04. The molecular weight excluding hydrogens is 299 g/mol. The predicted octanol–water partition coefficient (Wildman–Crippen LogP) is 4.35. The fraction of sp³-hybridized carbons (Fsp3) is 0.500. The molecule has 22 heavy (non-hydrogen) atoms. The lowest BCUT2D eigenvalue weighted by Crippen LogP contribution is -2.37. The van der Waals surface area contributed by atoms with Gasteiger partial charge >= 0.3 is 0 Å². The molecule has 0 aliphatic carbocycles. The summed E-state index contributed by atoms with van der Waals surface area (Å²) in [6.45, 7) is 10.2. The Hall–Kier alpha value is -1.53. The summed E-state index contributed by atoms with van der Waals surface area (Å²) in [5, 5.41) is 0.297. The Morgan fingerprint density at radius 3 is 2.77 bits per heavy atom. The zero-order chi connectivity index (χ0) is 16.3. The first-order valence-electron chi connectivity index (χ1n) is 7.65. The molecule has 0 spiro atoms. The number of halogens is 2. The van der Waals surface area contributed by atoms with Crippen molar-refractivity contribution in [1.82, 2.24) is 4.57 Å². The molecule has 1 aromatic carbocycles. The van der Waals surface area contributed by atoms with Gasteiger partial charge in [0.2, 0.25) is 0 Å². The van der Waals surface area contributed by atoms with Crippen LogP contribution in [0.5, 0.6) is 0 Å². The lowest BCUT2D eigenvalue weighted by molar-refractivity contribution is -0.694. The van der Waals surface area contributed by atoms with Gasteiger partial charge in [0.25, 0.3) is 5.82 Å². The highest BCUT2D eigenvalue weighted by Gasteiger charge is 2.24. The van der Waals surface area contributed by atoms with Gasteiger partial charge in [-0.3, -0.25) is 0 Å². The van der Waals surface area contributed by atoms with Crippen LogP contribution in [0.1, 0.15) is 45.0 Å². The summed E-state index contributed by atoms with van der Waals surface area (Å²) in [5.41, 5.74) is 0.702. The van der Waals surface area contributed by atoms with Crippen molar-refractivity contribution in [3.63, 3.8) is 0 Å². The van der Waals surface area contributed by atoms with Gasteiger partial charge in [0, 0.05) is 18.4 Å². The van der Waals surface area contributed by atoms with Crippen LogP contribution < -0.4 is 4.57 Å². The van der Waals surface area contributed by atoms with Crippen LogP contribution in [0.25, 0.3) is 0 Å². The molecule has 0 saturated carbocycles. The van der Waals surface area contributed by atoms with E-state index in [0.29, 0.717) is 17.1 Å². The van der Waals surface area contributed by atoms with Crippen LogP contribution in [0.4, 0.5) is 4.39 Å². The number of aromatic nitrogens is 2. The van der Waals surface area contributed by atoms with Gasteiger partial charge in [0.15, 0.2) is 0 Å². The van der Waals surface area contributed by atoms with Gasteiger partial charge in [-0.2, -0.15) is 0 Å². The molecule has 0 unspecified atom stereocenters. The van der Waals surface area contributed by atoms with Gasteiger partial charge in [-0.1, -0.05) is 44.9 Å². The molecule has 1 aromatic heterocycles. The molecule has 0 N–H and O–H groups in total. The molecule has 1 heterocycles. The van der Waals surface area contributed by atoms with Crippen molar-refractivity contribution in [2.45, 2.75) is 53.6 Å². The van der Waals surface area contributed by atoms with Gasteiger partial charge in [-0.15, -0.1) is 0 Å². The third-order valence-corrected chi connectivity index (χ3v) is 4.37. The van der Waals surface area contributed by atoms with Crippen molar-refractivity contribution in [1.29, 1.82) is 0 Å². The Balaban J connectivity index is 2.21. The summed E-state index contributed by atoms with van der Waals surface area (Å²) < 4.78 is 18.1. The van der Waals surface area contributed by atoms with Crippen LogP contribution in [0.3, 0.4) is 0 Å². The lowest BCUT2D eigenvalue weighted by Gasteiger charge is -2.21. The maximum atomic E-state index is 13.9. The molecule has 0 bridgehead atoms. The Kier molecular flexibility index (Phi) is 5.13. The highest BCUT2D eigenvalue weighted by Crippen LogP contribution is 2.25. The highest BCUT2D eigenvalue weighted by molar-refractivity contribution is 6.31. The standard InChI is InChI=1S/C18H23ClFN2/c1-5-9-18(3,4)13-22-11-10-21(14(22)2)12-15-16(19)7-6-8-17(15)20/h8,10-11H,5,9,12-13H2,1-4H3/q+1. The second-order valence-corrected chi connectivity index (χ2v) is 6.95. The summed E-state index contributed by atoms with van der Waals surface area (Å²) in [6.07, 6.45) is 6.38. The predicted molar refractivity (Wildman–Crippen MR) is 86.2 cm³/mol. The number of nitrogens with zero attached hydrogens (tertiary/aromatic N) is 2. The van der Waals surface area contributed by atoms with E-state index < -0.39 is 0 Å². The van der Waals surface area contributed by atoms with Crippen molar-refractivity contribution in [2.75, 3.05) is 0 Å². The topological polar surface area (TPSA) is 8.81 Å². The number of imidazole rings is 1. The molecule has 0 atom stereocenters. The van der Waals surface area contributed by atoms with Crippen LogP contribution in [0.15, 0.2) is 18.5 Å². The molecule has 0 aliphatic rings. The average Bonchev–Trinajstić information content (AvgIpc) is 2.75. The van der Waals surface area contributed by atoms with Crippen molar-refractivity contribution in [3.05, 3.63) is 52.8 Å². The van der Waals surface area contributed by atoms with E-state index in [-0.39, 0.29) is 11.2 Å². The largest absolute Gasteiger partial charge is 0.253 e.